The highest BCUT2D eigenvalue weighted by Gasteiger charge is 2.19. The lowest BCUT2D eigenvalue weighted by Gasteiger charge is -2.10. The number of halogens is 2. The maximum atomic E-state index is 12.6. The minimum atomic E-state index is -1.07. The van der Waals surface area contributed by atoms with Crippen LogP contribution in [0, 0.1) is 0 Å². The smallest absolute Gasteiger partial charge is 0.420 e. The van der Waals surface area contributed by atoms with Crippen LogP contribution in [0.5, 0.6) is 17.2 Å². The number of ether oxygens (including phenoxy) is 4. The van der Waals surface area contributed by atoms with E-state index in [2.05, 4.69) is 58.5 Å². The van der Waals surface area contributed by atoms with E-state index in [0.717, 1.165) is 98.1 Å². The first-order valence-corrected chi connectivity index (χ1v) is 35.2. The van der Waals surface area contributed by atoms with Crippen molar-refractivity contribution < 1.29 is 51.7 Å². The Morgan fingerprint density at radius 2 is 0.771 bits per heavy atom. The zero-order chi connectivity index (χ0) is 76.4. The molecule has 0 fully saturated rings. The molecule has 0 atom stereocenters. The van der Waals surface area contributed by atoms with Gasteiger partial charge in [-0.05, 0) is 170 Å². The van der Waals surface area contributed by atoms with E-state index in [9.17, 15) is 33.9 Å². The quantitative estimate of drug-likeness (QED) is 0.0231. The Labute approximate surface area is 643 Å². The van der Waals surface area contributed by atoms with Gasteiger partial charge in [0, 0.05) is 48.3 Å². The van der Waals surface area contributed by atoms with Gasteiger partial charge in [-0.2, -0.15) is 0 Å². The number of methoxy groups -OCH3 is 1. The first kappa shape index (κ1) is 85.1. The summed E-state index contributed by atoms with van der Waals surface area (Å²) < 4.78 is 42.3. The van der Waals surface area contributed by atoms with Crippen LogP contribution in [0.15, 0.2) is 192 Å². The molecule has 0 saturated heterocycles. The number of hydrogen-bond acceptors (Lipinski definition) is 23. The molecular formula is C80H93Cl2N13O14. The second-order valence-electron chi connectivity index (χ2n) is 25.9. The second kappa shape index (κ2) is 42.4. The Balaban J connectivity index is 0.000000220. The molecule has 0 aliphatic rings. The van der Waals surface area contributed by atoms with E-state index in [1.54, 1.807) is 78.1 Å². The first-order valence-electron chi connectivity index (χ1n) is 35.2. The van der Waals surface area contributed by atoms with E-state index in [4.69, 9.17) is 37.9 Å². The van der Waals surface area contributed by atoms with Gasteiger partial charge in [-0.3, -0.25) is 18.5 Å². The number of fused-ring (bicyclic) bond motifs is 3. The number of rotatable bonds is 31. The predicted molar refractivity (Wildman–Crippen MR) is 423 cm³/mol. The molecule has 0 amide bonds. The Morgan fingerprint density at radius 3 is 1.08 bits per heavy atom. The summed E-state index contributed by atoms with van der Waals surface area (Å²) in [4.78, 5) is 106. The van der Waals surface area contributed by atoms with Crippen molar-refractivity contribution in [1.82, 2.24) is 58.3 Å². The molecule has 3 N–H and O–H groups in total. The number of aromatic carboxylic acids is 1. The number of carboxylic acid groups (broad SMARTS) is 1. The molecule has 0 bridgehead atoms. The van der Waals surface area contributed by atoms with Crippen LogP contribution in [0.3, 0.4) is 0 Å². The maximum Gasteiger partial charge on any atom is 0.420 e. The van der Waals surface area contributed by atoms with Crippen LogP contribution in [0.1, 0.15) is 107 Å². The van der Waals surface area contributed by atoms with Gasteiger partial charge in [0.15, 0.2) is 57.3 Å². The normalized spacial score (nSPS) is 10.9. The van der Waals surface area contributed by atoms with Crippen LogP contribution >= 0.6 is 24.8 Å². The van der Waals surface area contributed by atoms with Crippen LogP contribution in [-0.2, 0) is 24.4 Å². The van der Waals surface area contributed by atoms with Crippen molar-refractivity contribution >= 4 is 75.8 Å². The fourth-order valence-corrected chi connectivity index (χ4v) is 11.0. The lowest BCUT2D eigenvalue weighted by molar-refractivity contribution is 0.0599. The number of esters is 1. The number of aromatic nitrogens is 9. The molecule has 27 nitrogen and oxygen atoms in total. The number of benzene rings is 6. The van der Waals surface area contributed by atoms with Crippen molar-refractivity contribution in [1.29, 1.82) is 0 Å². The predicted octanol–water partition coefficient (Wildman–Crippen LogP) is 12.3. The number of oxazole rings is 3. The fourth-order valence-electron chi connectivity index (χ4n) is 11.0. The Morgan fingerprint density at radius 1 is 0.450 bits per heavy atom. The molecule has 0 radical (unpaired) electrons. The molecule has 0 saturated carbocycles. The third-order valence-electron chi connectivity index (χ3n) is 16.6. The number of carbonyl (C=O) groups is 3. The number of carbonyl (C=O) groups excluding carboxylic acids is 2. The Kier molecular flexibility index (Phi) is 33.1. The average molecular weight is 1530 g/mol. The number of Topliss-reactive ketones (excluding diaryl/α,β-unsaturated/α-hetero) is 1. The summed E-state index contributed by atoms with van der Waals surface area (Å²) >= 11 is 0. The third-order valence-corrected chi connectivity index (χ3v) is 16.6. The lowest BCUT2D eigenvalue weighted by atomic mass is 10.1. The monoisotopic (exact) mass is 1530 g/mol. The van der Waals surface area contributed by atoms with E-state index >= 15 is 0 Å². The number of nitrogens with two attached hydrogens (primary N) is 1. The van der Waals surface area contributed by atoms with Crippen LogP contribution in [0.2, 0.25) is 0 Å². The highest BCUT2D eigenvalue weighted by atomic mass is 35.5. The topological polar surface area (TPSA) is 327 Å². The van der Waals surface area contributed by atoms with Crippen molar-refractivity contribution in [3.8, 4) is 51.4 Å². The molecule has 6 aromatic heterocycles. The summed E-state index contributed by atoms with van der Waals surface area (Å²) in [6, 6.07) is 37.1. The highest BCUT2D eigenvalue weighted by molar-refractivity contribution is 5.99. The zero-order valence-electron chi connectivity index (χ0n) is 62.6. The molecule has 576 valence electrons. The van der Waals surface area contributed by atoms with E-state index in [1.807, 2.05) is 115 Å². The average Bonchev–Trinajstić information content (AvgIpc) is 1.64. The maximum absolute atomic E-state index is 12.6. The van der Waals surface area contributed by atoms with E-state index in [1.165, 1.54) is 34.4 Å². The van der Waals surface area contributed by atoms with Crippen LogP contribution in [0.25, 0.3) is 67.5 Å². The second-order valence-corrected chi connectivity index (χ2v) is 25.9. The number of unbranched alkanes of at least 4 members (excludes halogenated alkanes) is 1. The standard InChI is InChI=1S/C28H32N4O4.C25H26N4O5.C24H24N4O5.C3H9N.2ClH/c1-4-5-10-25(33)21-11-12-26-24(16-21)32(28(34)36-26)19-20-8-6-9-22(15-20)27-29-17-23(18-30-27)35-14-7-13-31(2)3;1-28(2)10-5-11-33-20-14-26-23(27-15-20)18-7-4-6-17(12-18)16-29-21-13-19(24(30)32-3)8-9-22(21)34-25(29)31;1-27(2)9-4-10-32-19-13-25-22(26-14-19)17-6-3-5-16(11-17)15-28-20-12-18(23(29)30)7-8-21(20)33-24(28)31;1-2-3-4;;/h6,8-9,11-12,15-18H,4-5,7,10,13-14,19H2,1-3H3;4,6-9,12-15H,5,10-11,16H2,1-3H3;3,5-8,11-14H,4,9-10,15H2,1-2H3,(H,29,30);2-4H2,1H3;2*1H. The van der Waals surface area contributed by atoms with Crippen molar-refractivity contribution in [3.63, 3.8) is 0 Å². The SMILES string of the molecule is CCCCC(=O)c1ccc2oc(=O)n(Cc3cccc(-c4ncc(OCCCN(C)C)cn4)c3)c2c1.CCCN.CN(C)CCCOc1cnc(-c2cccc(Cn3c(=O)oc4ccc(C(=O)O)cc43)c2)nc1.COC(=O)c1ccc2oc(=O)n(Cc3cccc(-c4ncc(OCCCN(C)C)cn4)c3)c2c1.Cl.Cl. The molecule has 12 rings (SSSR count). The lowest BCUT2D eigenvalue weighted by Crippen LogP contribution is -2.15. The van der Waals surface area contributed by atoms with Crippen LogP contribution in [0.4, 0.5) is 0 Å². The molecule has 0 aliphatic heterocycles. The number of hydrogen-bond donors (Lipinski definition) is 2. The summed E-state index contributed by atoms with van der Waals surface area (Å²) in [6.07, 6.45) is 16.1. The third kappa shape index (κ3) is 24.7. The van der Waals surface area contributed by atoms with Crippen molar-refractivity contribution in [2.75, 3.05) is 95.4 Å². The van der Waals surface area contributed by atoms with Crippen molar-refractivity contribution in [2.24, 2.45) is 5.73 Å². The molecule has 0 spiro atoms. The Bertz CT molecular complexity index is 5090. The summed E-state index contributed by atoms with van der Waals surface area (Å²) in [6.45, 7) is 10.4. The summed E-state index contributed by atoms with van der Waals surface area (Å²) in [5.41, 5.74) is 13.8. The van der Waals surface area contributed by atoms with Crippen molar-refractivity contribution in [2.45, 2.75) is 78.4 Å². The van der Waals surface area contributed by atoms with Gasteiger partial charge in [-0.15, -0.1) is 24.8 Å². The summed E-state index contributed by atoms with van der Waals surface area (Å²) in [5, 5.41) is 9.25. The summed E-state index contributed by atoms with van der Waals surface area (Å²) in [5.74, 6) is 0.543. The van der Waals surface area contributed by atoms with Crippen LogP contribution < -0.4 is 37.2 Å². The van der Waals surface area contributed by atoms with Gasteiger partial charge in [0.25, 0.3) is 0 Å². The van der Waals surface area contributed by atoms with Gasteiger partial charge in [-0.1, -0.05) is 74.9 Å². The molecule has 109 heavy (non-hydrogen) atoms. The molecule has 0 aliphatic carbocycles. The van der Waals surface area contributed by atoms with Crippen LogP contribution in [-0.4, -0.2) is 177 Å². The minimum absolute atomic E-state index is 0. The van der Waals surface area contributed by atoms with Gasteiger partial charge >= 0.3 is 29.2 Å². The minimum Gasteiger partial charge on any atom is -0.490 e. The van der Waals surface area contributed by atoms with Gasteiger partial charge in [0.1, 0.15) is 0 Å². The van der Waals surface area contributed by atoms with E-state index < -0.39 is 29.2 Å². The Hall–Kier alpha value is -11.2. The van der Waals surface area contributed by atoms with Gasteiger partial charge in [0.05, 0.1) is 111 Å². The number of ketones is 1. The van der Waals surface area contributed by atoms with Gasteiger partial charge in [0.2, 0.25) is 0 Å². The van der Waals surface area contributed by atoms with Gasteiger partial charge in [-0.25, -0.2) is 53.9 Å². The van der Waals surface area contributed by atoms with E-state index in [-0.39, 0.29) is 49.3 Å². The molecule has 29 heteroatoms. The van der Waals surface area contributed by atoms with E-state index in [0.29, 0.717) is 112 Å². The molecule has 0 unspecified atom stereocenters. The number of nitrogens with zero attached hydrogens (tertiary/aromatic N) is 12. The number of carboxylic acids is 1. The largest absolute Gasteiger partial charge is 0.490 e. The first-order chi connectivity index (χ1) is 51.7. The fraction of sp³-hybridized carbons (Fsp3) is 0.325. The zero-order valence-corrected chi connectivity index (χ0v) is 64.3. The molecular weight excluding hydrogens is 1440 g/mol. The highest BCUT2D eigenvalue weighted by Crippen LogP contribution is 2.26. The summed E-state index contributed by atoms with van der Waals surface area (Å²) in [7, 11) is 13.5. The molecule has 6 heterocycles. The molecule has 12 aromatic rings. The van der Waals surface area contributed by atoms with Crippen molar-refractivity contribution in [3.05, 3.63) is 230 Å². The molecule has 6 aromatic carbocycles. The van der Waals surface area contributed by atoms with Gasteiger partial charge < -0.3 is 57.7 Å².